The zero-order valence-electron chi connectivity index (χ0n) is 11.3. The molecule has 0 aliphatic heterocycles. The number of aromatic nitrogens is 1. The highest BCUT2D eigenvalue weighted by atomic mass is 35.5. The second-order valence-corrected chi connectivity index (χ2v) is 6.00. The maximum Gasteiger partial charge on any atom is 0.452 e. The van der Waals surface area contributed by atoms with Gasteiger partial charge in [-0.15, -0.1) is 11.8 Å². The normalized spacial score (nSPS) is 12.7. The number of aryl methyl sites for hydroxylation is 1. The smallest absolute Gasteiger partial charge is 0.351 e. The summed E-state index contributed by atoms with van der Waals surface area (Å²) < 4.78 is 78.7. The van der Waals surface area contributed by atoms with E-state index in [0.29, 0.717) is 23.4 Å². The molecule has 2 aromatic rings. The van der Waals surface area contributed by atoms with E-state index < -0.39 is 23.9 Å². The molecule has 10 heteroatoms. The van der Waals surface area contributed by atoms with Gasteiger partial charge in [-0.05, 0) is 24.6 Å². The third kappa shape index (κ3) is 4.57. The van der Waals surface area contributed by atoms with Crippen molar-refractivity contribution in [1.29, 1.82) is 0 Å². The van der Waals surface area contributed by atoms with Gasteiger partial charge in [-0.1, -0.05) is 16.8 Å². The van der Waals surface area contributed by atoms with E-state index in [9.17, 15) is 26.3 Å². The molecular formula is C13H8ClF6NOS. The van der Waals surface area contributed by atoms with Gasteiger partial charge in [0, 0.05) is 16.5 Å². The first kappa shape index (κ1) is 18.0. The van der Waals surface area contributed by atoms with E-state index in [0.717, 1.165) is 0 Å². The Kier molecular flexibility index (Phi) is 4.91. The molecule has 0 aliphatic rings. The van der Waals surface area contributed by atoms with Crippen LogP contribution in [0.5, 0.6) is 0 Å². The van der Waals surface area contributed by atoms with Gasteiger partial charge in [0.05, 0.1) is 10.8 Å². The molecule has 1 aromatic heterocycles. The first-order valence-corrected chi connectivity index (χ1v) is 7.38. The second kappa shape index (κ2) is 6.27. The first-order valence-electron chi connectivity index (χ1n) is 6.01. The summed E-state index contributed by atoms with van der Waals surface area (Å²) in [5, 5.41) is 3.35. The molecule has 2 rings (SSSR count). The monoisotopic (exact) mass is 375 g/mol. The molecule has 0 aliphatic carbocycles. The van der Waals surface area contributed by atoms with Gasteiger partial charge in [0.2, 0.25) is 5.76 Å². The van der Waals surface area contributed by atoms with Crippen LogP contribution in [0.2, 0.25) is 5.02 Å². The Morgan fingerprint density at radius 2 is 1.78 bits per heavy atom. The minimum Gasteiger partial charge on any atom is -0.351 e. The van der Waals surface area contributed by atoms with Gasteiger partial charge >= 0.3 is 12.4 Å². The topological polar surface area (TPSA) is 26.0 Å². The van der Waals surface area contributed by atoms with Crippen LogP contribution < -0.4 is 0 Å². The van der Waals surface area contributed by atoms with Crippen molar-refractivity contribution in [2.45, 2.75) is 24.2 Å². The van der Waals surface area contributed by atoms with Crippen molar-refractivity contribution in [3.63, 3.8) is 0 Å². The summed E-state index contributed by atoms with van der Waals surface area (Å²) in [5.41, 5.74) is 0.352. The molecule has 0 N–H and O–H groups in total. The van der Waals surface area contributed by atoms with Crippen molar-refractivity contribution >= 4 is 23.4 Å². The molecule has 0 saturated carbocycles. The number of rotatable bonds is 3. The van der Waals surface area contributed by atoms with Crippen LogP contribution in [0, 0.1) is 6.92 Å². The number of hydrogen-bond donors (Lipinski definition) is 0. The maximum atomic E-state index is 12.5. The molecule has 0 fully saturated rings. The van der Waals surface area contributed by atoms with Crippen molar-refractivity contribution < 1.29 is 30.9 Å². The third-order valence-electron chi connectivity index (χ3n) is 2.72. The summed E-state index contributed by atoms with van der Waals surface area (Å²) in [7, 11) is 0. The van der Waals surface area contributed by atoms with Gasteiger partial charge in [-0.3, -0.25) is 0 Å². The van der Waals surface area contributed by atoms with E-state index in [1.54, 1.807) is 6.92 Å². The molecule has 1 aromatic carbocycles. The highest BCUT2D eigenvalue weighted by Crippen LogP contribution is 2.38. The van der Waals surface area contributed by atoms with Gasteiger partial charge < -0.3 is 4.52 Å². The van der Waals surface area contributed by atoms with Gasteiger partial charge in [-0.2, -0.15) is 26.3 Å². The zero-order chi connectivity index (χ0) is 17.4. The SMILES string of the molecule is Cc1cc(Cl)c(-c2cc(C(F)(F)F)on2)cc1SCC(F)(F)F. The number of halogens is 7. The lowest BCUT2D eigenvalue weighted by Crippen LogP contribution is -2.10. The number of thioether (sulfide) groups is 1. The van der Waals surface area contributed by atoms with Crippen LogP contribution in [-0.2, 0) is 6.18 Å². The number of hydrogen-bond acceptors (Lipinski definition) is 3. The van der Waals surface area contributed by atoms with E-state index in [4.69, 9.17) is 11.6 Å². The van der Waals surface area contributed by atoms with Crippen LogP contribution in [0.15, 0.2) is 27.6 Å². The van der Waals surface area contributed by atoms with Crippen molar-refractivity contribution in [3.8, 4) is 11.3 Å². The largest absolute Gasteiger partial charge is 0.452 e. The lowest BCUT2D eigenvalue weighted by atomic mass is 10.1. The molecule has 0 atom stereocenters. The van der Waals surface area contributed by atoms with E-state index in [1.165, 1.54) is 12.1 Å². The molecule has 0 unspecified atom stereocenters. The lowest BCUT2D eigenvalue weighted by Gasteiger charge is -2.11. The molecule has 0 bridgehead atoms. The molecular weight excluding hydrogens is 368 g/mol. The number of benzene rings is 1. The predicted octanol–water partition coefficient (Wildman–Crippen LogP) is 5.98. The Morgan fingerprint density at radius 3 is 2.30 bits per heavy atom. The quantitative estimate of drug-likeness (QED) is 0.488. The van der Waals surface area contributed by atoms with E-state index in [1.807, 2.05) is 0 Å². The van der Waals surface area contributed by atoms with E-state index in [-0.39, 0.29) is 21.2 Å². The fourth-order valence-electron chi connectivity index (χ4n) is 1.70. The Balaban J connectivity index is 2.37. The summed E-state index contributed by atoms with van der Waals surface area (Å²) in [6.07, 6.45) is -9.08. The highest BCUT2D eigenvalue weighted by molar-refractivity contribution is 7.99. The van der Waals surface area contributed by atoms with Crippen LogP contribution in [0.3, 0.4) is 0 Å². The maximum absolute atomic E-state index is 12.5. The Morgan fingerprint density at radius 1 is 1.13 bits per heavy atom. The zero-order valence-corrected chi connectivity index (χ0v) is 12.9. The number of nitrogens with zero attached hydrogens (tertiary/aromatic N) is 1. The lowest BCUT2D eigenvalue weighted by molar-refractivity contribution is -0.155. The van der Waals surface area contributed by atoms with Crippen LogP contribution in [-0.4, -0.2) is 17.1 Å². The molecule has 126 valence electrons. The fraction of sp³-hybridized carbons (Fsp3) is 0.308. The average Bonchev–Trinajstić information content (AvgIpc) is 2.85. The minimum atomic E-state index is -4.71. The van der Waals surface area contributed by atoms with Crippen LogP contribution >= 0.6 is 23.4 Å². The van der Waals surface area contributed by atoms with Gasteiger partial charge in [0.15, 0.2) is 0 Å². The van der Waals surface area contributed by atoms with Crippen molar-refractivity contribution in [2.75, 3.05) is 5.75 Å². The Labute approximate surface area is 135 Å². The molecule has 0 spiro atoms. The van der Waals surface area contributed by atoms with Crippen LogP contribution in [0.4, 0.5) is 26.3 Å². The van der Waals surface area contributed by atoms with Crippen LogP contribution in [0.25, 0.3) is 11.3 Å². The minimum absolute atomic E-state index is 0.0703. The molecule has 0 radical (unpaired) electrons. The Bertz CT molecular complexity index is 709. The van der Waals surface area contributed by atoms with Gasteiger partial charge in [0.25, 0.3) is 0 Å². The van der Waals surface area contributed by atoms with Gasteiger partial charge in [-0.25, -0.2) is 0 Å². The van der Waals surface area contributed by atoms with E-state index >= 15 is 0 Å². The molecule has 2 nitrogen and oxygen atoms in total. The summed E-state index contributed by atoms with van der Waals surface area (Å²) in [6.45, 7) is 1.55. The van der Waals surface area contributed by atoms with Crippen LogP contribution in [0.1, 0.15) is 11.3 Å². The molecule has 1 heterocycles. The predicted molar refractivity (Wildman–Crippen MR) is 73.5 cm³/mol. The fourth-order valence-corrected chi connectivity index (χ4v) is 2.82. The summed E-state index contributed by atoms with van der Waals surface area (Å²) >= 11 is 6.47. The van der Waals surface area contributed by atoms with Crippen molar-refractivity contribution in [1.82, 2.24) is 5.16 Å². The average molecular weight is 376 g/mol. The standard InChI is InChI=1S/C13H8ClF6NOS/c1-6-2-8(14)7(3-10(6)23-5-12(15,16)17)9-4-11(22-21-9)13(18,19)20/h2-4H,5H2,1H3. The van der Waals surface area contributed by atoms with E-state index in [2.05, 4.69) is 9.68 Å². The molecule has 23 heavy (non-hydrogen) atoms. The summed E-state index contributed by atoms with van der Waals surface area (Å²) in [5.74, 6) is -2.43. The van der Waals surface area contributed by atoms with Crippen molar-refractivity contribution in [2.24, 2.45) is 0 Å². The highest BCUT2D eigenvalue weighted by Gasteiger charge is 2.36. The van der Waals surface area contributed by atoms with Crippen molar-refractivity contribution in [3.05, 3.63) is 34.5 Å². The van der Waals surface area contributed by atoms with Gasteiger partial charge in [0.1, 0.15) is 5.69 Å². The Hall–Kier alpha value is -1.35. The number of alkyl halides is 6. The first-order chi connectivity index (χ1) is 10.5. The summed E-state index contributed by atoms with van der Waals surface area (Å²) in [4.78, 5) is 0.248. The summed E-state index contributed by atoms with van der Waals surface area (Å²) in [6, 6.07) is 3.29. The third-order valence-corrected chi connectivity index (χ3v) is 4.26. The molecule has 0 saturated heterocycles. The second-order valence-electron chi connectivity index (χ2n) is 4.58. The molecule has 0 amide bonds.